The Balaban J connectivity index is 1.88. The second-order valence-corrected chi connectivity index (χ2v) is 4.52. The molecule has 17 heavy (non-hydrogen) atoms. The Morgan fingerprint density at radius 3 is 2.76 bits per heavy atom. The Bertz CT molecular complexity index is 447. The molecule has 1 amide bonds. The summed E-state index contributed by atoms with van der Waals surface area (Å²) in [5.41, 5.74) is 2.17. The number of rotatable bonds is 4. The van der Waals surface area contributed by atoms with Crippen LogP contribution in [0.4, 0.5) is 0 Å². The third-order valence-electron chi connectivity index (χ3n) is 2.88. The van der Waals surface area contributed by atoms with E-state index in [2.05, 4.69) is 6.58 Å². The zero-order valence-electron chi connectivity index (χ0n) is 10.1. The van der Waals surface area contributed by atoms with E-state index in [0.29, 0.717) is 0 Å². The van der Waals surface area contributed by atoms with Gasteiger partial charge >= 0.3 is 0 Å². The molecule has 88 valence electrons. The summed E-state index contributed by atoms with van der Waals surface area (Å²) < 4.78 is 0. The SMILES string of the molecule is C=C(C)C=CC1CN(Cc2ccccc2)C1=O. The maximum absolute atomic E-state index is 11.8. The number of benzene rings is 1. The second kappa shape index (κ2) is 5.00. The number of hydrogen-bond acceptors (Lipinski definition) is 1. The molecular weight excluding hydrogens is 210 g/mol. The third-order valence-corrected chi connectivity index (χ3v) is 2.88. The topological polar surface area (TPSA) is 20.3 Å². The van der Waals surface area contributed by atoms with Gasteiger partial charge in [-0.15, -0.1) is 0 Å². The molecule has 0 spiro atoms. The van der Waals surface area contributed by atoms with Crippen LogP contribution in [0.5, 0.6) is 0 Å². The van der Waals surface area contributed by atoms with Gasteiger partial charge in [0.1, 0.15) is 0 Å². The van der Waals surface area contributed by atoms with Crippen molar-refractivity contribution in [3.63, 3.8) is 0 Å². The Kier molecular flexibility index (Phi) is 3.43. The molecule has 0 aromatic heterocycles. The van der Waals surface area contributed by atoms with Crippen LogP contribution in [0.25, 0.3) is 0 Å². The van der Waals surface area contributed by atoms with Gasteiger partial charge in [-0.05, 0) is 12.5 Å². The van der Waals surface area contributed by atoms with Crippen molar-refractivity contribution in [2.75, 3.05) is 6.54 Å². The monoisotopic (exact) mass is 227 g/mol. The quantitative estimate of drug-likeness (QED) is 0.572. The number of carbonyl (C=O) groups is 1. The molecule has 0 radical (unpaired) electrons. The molecule has 1 aliphatic heterocycles. The van der Waals surface area contributed by atoms with Crippen LogP contribution in [-0.4, -0.2) is 17.4 Å². The Morgan fingerprint density at radius 2 is 2.18 bits per heavy atom. The van der Waals surface area contributed by atoms with Crippen molar-refractivity contribution in [1.29, 1.82) is 0 Å². The molecule has 2 nitrogen and oxygen atoms in total. The van der Waals surface area contributed by atoms with E-state index in [9.17, 15) is 4.79 Å². The van der Waals surface area contributed by atoms with Crippen LogP contribution in [0.2, 0.25) is 0 Å². The summed E-state index contributed by atoms with van der Waals surface area (Å²) in [4.78, 5) is 13.7. The Labute approximate surface area is 102 Å². The standard InChI is InChI=1S/C15H17NO/c1-12(2)8-9-14-11-16(15(14)17)10-13-6-4-3-5-7-13/h3-9,14H,1,10-11H2,2H3. The first-order chi connectivity index (χ1) is 8.16. The van der Waals surface area contributed by atoms with E-state index in [1.807, 2.05) is 54.3 Å². The van der Waals surface area contributed by atoms with Gasteiger partial charge in [-0.25, -0.2) is 0 Å². The van der Waals surface area contributed by atoms with Crippen molar-refractivity contribution in [3.05, 3.63) is 60.2 Å². The summed E-state index contributed by atoms with van der Waals surface area (Å²) in [6.45, 7) is 7.25. The Hall–Kier alpha value is -1.83. The van der Waals surface area contributed by atoms with E-state index in [0.717, 1.165) is 18.7 Å². The summed E-state index contributed by atoms with van der Waals surface area (Å²) in [5.74, 6) is 0.266. The van der Waals surface area contributed by atoms with Gasteiger partial charge < -0.3 is 4.90 Å². The van der Waals surface area contributed by atoms with Crippen LogP contribution in [0.3, 0.4) is 0 Å². The van der Waals surface area contributed by atoms with Crippen LogP contribution in [0.1, 0.15) is 12.5 Å². The van der Waals surface area contributed by atoms with E-state index < -0.39 is 0 Å². The number of amides is 1. The highest BCUT2D eigenvalue weighted by Gasteiger charge is 2.34. The van der Waals surface area contributed by atoms with Gasteiger partial charge in [-0.1, -0.05) is 54.6 Å². The largest absolute Gasteiger partial charge is 0.337 e. The molecule has 1 aromatic carbocycles. The van der Waals surface area contributed by atoms with E-state index in [-0.39, 0.29) is 11.8 Å². The lowest BCUT2D eigenvalue weighted by Crippen LogP contribution is -2.50. The first kappa shape index (κ1) is 11.6. The predicted molar refractivity (Wildman–Crippen MR) is 69.3 cm³/mol. The van der Waals surface area contributed by atoms with Gasteiger partial charge in [-0.2, -0.15) is 0 Å². The van der Waals surface area contributed by atoms with Gasteiger partial charge in [0.25, 0.3) is 0 Å². The van der Waals surface area contributed by atoms with Gasteiger partial charge in [0.05, 0.1) is 5.92 Å². The zero-order chi connectivity index (χ0) is 12.3. The molecule has 1 saturated heterocycles. The number of carbonyl (C=O) groups excluding carboxylic acids is 1. The average Bonchev–Trinajstić information content (AvgIpc) is 2.33. The molecular formula is C15H17NO. The fraction of sp³-hybridized carbons (Fsp3) is 0.267. The average molecular weight is 227 g/mol. The van der Waals surface area contributed by atoms with Gasteiger partial charge in [0.15, 0.2) is 0 Å². The highest BCUT2D eigenvalue weighted by molar-refractivity contribution is 5.86. The molecule has 0 saturated carbocycles. The zero-order valence-corrected chi connectivity index (χ0v) is 10.1. The van der Waals surface area contributed by atoms with Crippen LogP contribution in [0.15, 0.2) is 54.6 Å². The molecule has 1 aromatic rings. The number of allylic oxidation sites excluding steroid dienone is 2. The van der Waals surface area contributed by atoms with Crippen molar-refractivity contribution < 1.29 is 4.79 Å². The molecule has 0 N–H and O–H groups in total. The summed E-state index contributed by atoms with van der Waals surface area (Å²) in [6, 6.07) is 10.1. The fourth-order valence-electron chi connectivity index (χ4n) is 1.90. The highest BCUT2D eigenvalue weighted by atomic mass is 16.2. The van der Waals surface area contributed by atoms with E-state index in [1.165, 1.54) is 5.56 Å². The molecule has 2 rings (SSSR count). The first-order valence-electron chi connectivity index (χ1n) is 5.83. The Morgan fingerprint density at radius 1 is 1.47 bits per heavy atom. The van der Waals surface area contributed by atoms with Gasteiger partial charge in [0, 0.05) is 13.1 Å². The molecule has 1 aliphatic rings. The normalized spacial score (nSPS) is 19.5. The minimum Gasteiger partial charge on any atom is -0.337 e. The smallest absolute Gasteiger partial charge is 0.231 e. The van der Waals surface area contributed by atoms with Crippen molar-refractivity contribution in [2.24, 2.45) is 5.92 Å². The lowest BCUT2D eigenvalue weighted by Gasteiger charge is -2.37. The number of β-lactam (4-membered cyclic amide) rings is 1. The van der Waals surface area contributed by atoms with Crippen LogP contribution in [-0.2, 0) is 11.3 Å². The molecule has 0 bridgehead atoms. The van der Waals surface area contributed by atoms with Gasteiger partial charge in [0.2, 0.25) is 5.91 Å². The van der Waals surface area contributed by atoms with Crippen LogP contribution in [0, 0.1) is 5.92 Å². The number of nitrogens with zero attached hydrogens (tertiary/aromatic N) is 1. The second-order valence-electron chi connectivity index (χ2n) is 4.52. The summed E-state index contributed by atoms with van der Waals surface area (Å²) >= 11 is 0. The fourth-order valence-corrected chi connectivity index (χ4v) is 1.90. The van der Waals surface area contributed by atoms with E-state index in [4.69, 9.17) is 0 Å². The van der Waals surface area contributed by atoms with Crippen LogP contribution >= 0.6 is 0 Å². The predicted octanol–water partition coefficient (Wildman–Crippen LogP) is 2.78. The lowest BCUT2D eigenvalue weighted by molar-refractivity contribution is -0.145. The third kappa shape index (κ3) is 2.84. The first-order valence-corrected chi connectivity index (χ1v) is 5.83. The molecule has 1 fully saturated rings. The lowest BCUT2D eigenvalue weighted by atomic mass is 9.96. The number of likely N-dealkylation sites (tertiary alicyclic amines) is 1. The molecule has 2 heteroatoms. The minimum atomic E-state index is 0.0513. The van der Waals surface area contributed by atoms with Crippen molar-refractivity contribution >= 4 is 5.91 Å². The van der Waals surface area contributed by atoms with Crippen molar-refractivity contribution in [1.82, 2.24) is 4.90 Å². The minimum absolute atomic E-state index is 0.0513. The maximum Gasteiger partial charge on any atom is 0.231 e. The molecule has 1 atom stereocenters. The van der Waals surface area contributed by atoms with E-state index >= 15 is 0 Å². The highest BCUT2D eigenvalue weighted by Crippen LogP contribution is 2.21. The summed E-state index contributed by atoms with van der Waals surface area (Å²) in [6.07, 6.45) is 3.87. The summed E-state index contributed by atoms with van der Waals surface area (Å²) in [5, 5.41) is 0. The van der Waals surface area contributed by atoms with Gasteiger partial charge in [-0.3, -0.25) is 4.79 Å². The van der Waals surface area contributed by atoms with Crippen molar-refractivity contribution in [3.8, 4) is 0 Å². The molecule has 1 heterocycles. The number of hydrogen-bond donors (Lipinski definition) is 0. The van der Waals surface area contributed by atoms with Crippen LogP contribution < -0.4 is 0 Å². The molecule has 0 aliphatic carbocycles. The summed E-state index contributed by atoms with van der Waals surface area (Å²) in [7, 11) is 0. The molecule has 1 unspecified atom stereocenters. The van der Waals surface area contributed by atoms with E-state index in [1.54, 1.807) is 0 Å². The maximum atomic E-state index is 11.8. The van der Waals surface area contributed by atoms with Crippen molar-refractivity contribution in [2.45, 2.75) is 13.5 Å².